The van der Waals surface area contributed by atoms with Crippen LogP contribution in [0.2, 0.25) is 0 Å². The molecule has 1 atom stereocenters. The van der Waals surface area contributed by atoms with Crippen molar-refractivity contribution in [2.75, 3.05) is 33.2 Å². The molecular weight excluding hydrogens is 280 g/mol. The molecule has 2 rings (SSSR count). The van der Waals surface area contributed by atoms with Crippen LogP contribution in [0.25, 0.3) is 0 Å². The highest BCUT2D eigenvalue weighted by Crippen LogP contribution is 2.31. The molecule has 1 fully saturated rings. The third kappa shape index (κ3) is 3.00. The van der Waals surface area contributed by atoms with E-state index in [9.17, 15) is 5.11 Å². The number of piperazine rings is 1. The monoisotopic (exact) mass is 298 g/mol. The molecule has 0 amide bonds. The molecule has 0 radical (unpaired) electrons. The van der Waals surface area contributed by atoms with Gasteiger partial charge in [0.15, 0.2) is 0 Å². The average molecular weight is 299 g/mol. The zero-order valence-corrected chi connectivity index (χ0v) is 11.9. The predicted molar refractivity (Wildman–Crippen MR) is 73.3 cm³/mol. The summed E-state index contributed by atoms with van der Waals surface area (Å²) in [4.78, 5) is 4.76. The second-order valence-corrected chi connectivity index (χ2v) is 5.63. The van der Waals surface area contributed by atoms with Crippen molar-refractivity contribution >= 4 is 15.9 Å². The molecule has 3 nitrogen and oxygen atoms in total. The number of aromatic hydroxyl groups is 1. The van der Waals surface area contributed by atoms with Gasteiger partial charge in [-0.3, -0.25) is 4.90 Å². The summed E-state index contributed by atoms with van der Waals surface area (Å²) in [7, 11) is 2.15. The Morgan fingerprint density at radius 1 is 1.24 bits per heavy atom. The van der Waals surface area contributed by atoms with Crippen LogP contribution in [0.3, 0.4) is 0 Å². The molecule has 0 aromatic heterocycles. The van der Waals surface area contributed by atoms with Crippen LogP contribution < -0.4 is 0 Å². The van der Waals surface area contributed by atoms with Gasteiger partial charge in [0.25, 0.3) is 0 Å². The molecule has 0 spiro atoms. The molecule has 17 heavy (non-hydrogen) atoms. The van der Waals surface area contributed by atoms with Crippen LogP contribution >= 0.6 is 15.9 Å². The van der Waals surface area contributed by atoms with Gasteiger partial charge in [0, 0.05) is 42.3 Å². The quantitative estimate of drug-likeness (QED) is 0.909. The van der Waals surface area contributed by atoms with E-state index in [2.05, 4.69) is 39.7 Å². The minimum Gasteiger partial charge on any atom is -0.508 e. The maximum absolute atomic E-state index is 9.93. The lowest BCUT2D eigenvalue weighted by atomic mass is 10.1. The van der Waals surface area contributed by atoms with Gasteiger partial charge >= 0.3 is 0 Å². The molecule has 1 aromatic rings. The molecule has 0 aliphatic carbocycles. The summed E-state index contributed by atoms with van der Waals surface area (Å²) in [6, 6.07) is 5.90. The number of halogens is 1. The third-order valence-electron chi connectivity index (χ3n) is 3.53. The first-order valence-electron chi connectivity index (χ1n) is 5.99. The number of benzene rings is 1. The molecule has 4 heteroatoms. The highest BCUT2D eigenvalue weighted by Gasteiger charge is 2.22. The van der Waals surface area contributed by atoms with Crippen molar-refractivity contribution in [2.45, 2.75) is 13.0 Å². The van der Waals surface area contributed by atoms with Crippen LogP contribution in [0, 0.1) is 0 Å². The van der Waals surface area contributed by atoms with E-state index in [1.165, 1.54) is 0 Å². The summed E-state index contributed by atoms with van der Waals surface area (Å²) < 4.78 is 1.02. The molecule has 1 heterocycles. The smallest absolute Gasteiger partial charge is 0.120 e. The average Bonchev–Trinajstić information content (AvgIpc) is 2.32. The van der Waals surface area contributed by atoms with E-state index in [0.29, 0.717) is 5.75 Å². The van der Waals surface area contributed by atoms with Gasteiger partial charge in [-0.1, -0.05) is 15.9 Å². The zero-order valence-electron chi connectivity index (χ0n) is 10.4. The predicted octanol–water partition coefficient (Wildman–Crippen LogP) is 2.46. The molecule has 94 valence electrons. The Labute approximate surface area is 111 Å². The number of hydrogen-bond donors (Lipinski definition) is 1. The first kappa shape index (κ1) is 12.9. The Bertz CT molecular complexity index is 389. The highest BCUT2D eigenvalue weighted by molar-refractivity contribution is 9.10. The van der Waals surface area contributed by atoms with Crippen LogP contribution in [-0.2, 0) is 0 Å². The number of nitrogens with zero attached hydrogens (tertiary/aromatic N) is 2. The van der Waals surface area contributed by atoms with Gasteiger partial charge < -0.3 is 10.0 Å². The molecule has 0 bridgehead atoms. The number of likely N-dealkylation sites (N-methyl/N-ethyl adjacent to an activating group) is 1. The number of phenols is 1. The van der Waals surface area contributed by atoms with E-state index in [1.54, 1.807) is 6.07 Å². The molecule has 1 saturated heterocycles. The fraction of sp³-hybridized carbons (Fsp3) is 0.538. The van der Waals surface area contributed by atoms with Crippen molar-refractivity contribution in [3.05, 3.63) is 28.2 Å². The van der Waals surface area contributed by atoms with Crippen molar-refractivity contribution in [1.82, 2.24) is 9.80 Å². The molecule has 1 aliphatic heterocycles. The van der Waals surface area contributed by atoms with Gasteiger partial charge in [-0.2, -0.15) is 0 Å². The Hall–Kier alpha value is -0.580. The van der Waals surface area contributed by atoms with Crippen LogP contribution in [0.4, 0.5) is 0 Å². The first-order chi connectivity index (χ1) is 8.08. The first-order valence-corrected chi connectivity index (χ1v) is 6.78. The van der Waals surface area contributed by atoms with Gasteiger partial charge in [-0.05, 0) is 32.2 Å². The summed E-state index contributed by atoms with van der Waals surface area (Å²) in [5.41, 5.74) is 1.00. The largest absolute Gasteiger partial charge is 0.508 e. The van der Waals surface area contributed by atoms with E-state index in [4.69, 9.17) is 0 Å². The van der Waals surface area contributed by atoms with Crippen LogP contribution in [-0.4, -0.2) is 48.1 Å². The van der Waals surface area contributed by atoms with Crippen molar-refractivity contribution < 1.29 is 5.11 Å². The van der Waals surface area contributed by atoms with E-state index >= 15 is 0 Å². The van der Waals surface area contributed by atoms with E-state index in [0.717, 1.165) is 36.2 Å². The Morgan fingerprint density at radius 3 is 2.53 bits per heavy atom. The molecular formula is C13H19BrN2O. The van der Waals surface area contributed by atoms with Crippen molar-refractivity contribution in [2.24, 2.45) is 0 Å². The minimum absolute atomic E-state index is 0.265. The Morgan fingerprint density at radius 2 is 1.88 bits per heavy atom. The van der Waals surface area contributed by atoms with Crippen LogP contribution in [0.5, 0.6) is 5.75 Å². The summed E-state index contributed by atoms with van der Waals surface area (Å²) in [6.45, 7) is 6.47. The lowest BCUT2D eigenvalue weighted by Gasteiger charge is -2.36. The van der Waals surface area contributed by atoms with Gasteiger partial charge in [-0.25, -0.2) is 0 Å². The fourth-order valence-corrected chi connectivity index (χ4v) is 2.64. The van der Waals surface area contributed by atoms with E-state index < -0.39 is 0 Å². The molecule has 1 aliphatic rings. The second kappa shape index (κ2) is 5.38. The number of rotatable bonds is 2. The lowest BCUT2D eigenvalue weighted by molar-refractivity contribution is 0.118. The van der Waals surface area contributed by atoms with Gasteiger partial charge in [0.2, 0.25) is 0 Å². The molecule has 1 unspecified atom stereocenters. The van der Waals surface area contributed by atoms with Gasteiger partial charge in [-0.15, -0.1) is 0 Å². The normalized spacial score (nSPS) is 20.4. The topological polar surface area (TPSA) is 26.7 Å². The van der Waals surface area contributed by atoms with Crippen molar-refractivity contribution in [3.63, 3.8) is 0 Å². The minimum atomic E-state index is 0.265. The van der Waals surface area contributed by atoms with Gasteiger partial charge in [0.1, 0.15) is 5.75 Å². The van der Waals surface area contributed by atoms with Crippen LogP contribution in [0.1, 0.15) is 18.5 Å². The number of hydrogen-bond acceptors (Lipinski definition) is 3. The summed E-state index contributed by atoms with van der Waals surface area (Å²) in [5.74, 6) is 0.389. The number of phenolic OH excluding ortho intramolecular Hbond substituents is 1. The Balaban J connectivity index is 2.13. The highest BCUT2D eigenvalue weighted by atomic mass is 79.9. The zero-order chi connectivity index (χ0) is 12.4. The standard InChI is InChI=1S/C13H19BrN2O/c1-10(16-7-5-15(2)6-8-16)12-9-11(14)3-4-13(12)17/h3-4,9-10,17H,5-8H2,1-2H3. The van der Waals surface area contributed by atoms with Gasteiger partial charge in [0.05, 0.1) is 0 Å². The molecule has 1 aromatic carbocycles. The fourth-order valence-electron chi connectivity index (χ4n) is 2.27. The van der Waals surface area contributed by atoms with Crippen molar-refractivity contribution in [1.29, 1.82) is 0 Å². The van der Waals surface area contributed by atoms with E-state index in [-0.39, 0.29) is 6.04 Å². The van der Waals surface area contributed by atoms with Crippen LogP contribution in [0.15, 0.2) is 22.7 Å². The molecule has 1 N–H and O–H groups in total. The van der Waals surface area contributed by atoms with E-state index in [1.807, 2.05) is 12.1 Å². The summed E-state index contributed by atoms with van der Waals surface area (Å²) in [5, 5.41) is 9.93. The third-order valence-corrected chi connectivity index (χ3v) is 4.02. The second-order valence-electron chi connectivity index (χ2n) is 4.72. The van der Waals surface area contributed by atoms with Crippen molar-refractivity contribution in [3.8, 4) is 5.75 Å². The lowest BCUT2D eigenvalue weighted by Crippen LogP contribution is -2.45. The Kier molecular flexibility index (Phi) is 4.07. The summed E-state index contributed by atoms with van der Waals surface area (Å²) in [6.07, 6.45) is 0. The summed E-state index contributed by atoms with van der Waals surface area (Å²) >= 11 is 3.46. The maximum Gasteiger partial charge on any atom is 0.120 e. The maximum atomic E-state index is 9.93. The molecule has 0 saturated carbocycles. The SMILES string of the molecule is CC(c1cc(Br)ccc1O)N1CCN(C)CC1.